The summed E-state index contributed by atoms with van der Waals surface area (Å²) in [5.74, 6) is 3.35. The van der Waals surface area contributed by atoms with Gasteiger partial charge in [-0.3, -0.25) is 0 Å². The molecule has 0 spiro atoms. The van der Waals surface area contributed by atoms with Crippen molar-refractivity contribution in [3.63, 3.8) is 0 Å². The number of alkyl halides is 2. The number of aromatic nitrogens is 3. The van der Waals surface area contributed by atoms with E-state index in [1.54, 1.807) is 30.0 Å². The molecule has 0 aliphatic carbocycles. The Kier molecular flexibility index (Phi) is 12.0. The van der Waals surface area contributed by atoms with Gasteiger partial charge >= 0.3 is 6.61 Å². The predicted molar refractivity (Wildman–Crippen MR) is 128 cm³/mol. The lowest BCUT2D eigenvalue weighted by Crippen LogP contribution is -2.38. The molecule has 0 aliphatic heterocycles. The van der Waals surface area contributed by atoms with Crippen molar-refractivity contribution in [3.8, 4) is 5.75 Å². The van der Waals surface area contributed by atoms with E-state index in [0.29, 0.717) is 18.1 Å². The Morgan fingerprint density at radius 1 is 1.27 bits per heavy atom. The highest BCUT2D eigenvalue weighted by Gasteiger charge is 2.11. The summed E-state index contributed by atoms with van der Waals surface area (Å²) in [4.78, 5) is 4.56. The molecule has 2 N–H and O–H groups in total. The molecule has 2 aromatic rings. The molecule has 0 saturated heterocycles. The maximum atomic E-state index is 12.7. The lowest BCUT2D eigenvalue weighted by atomic mass is 10.1. The molecular formula is C19H29F2IN6OS. The van der Waals surface area contributed by atoms with E-state index in [0.717, 1.165) is 35.9 Å². The van der Waals surface area contributed by atoms with Crippen molar-refractivity contribution in [3.05, 3.63) is 41.0 Å². The first-order chi connectivity index (χ1) is 13.9. The Morgan fingerprint density at radius 2 is 2.03 bits per heavy atom. The van der Waals surface area contributed by atoms with Crippen LogP contribution in [0.5, 0.6) is 5.75 Å². The molecule has 0 aliphatic rings. The van der Waals surface area contributed by atoms with Gasteiger partial charge < -0.3 is 19.9 Å². The van der Waals surface area contributed by atoms with Crippen molar-refractivity contribution in [1.82, 2.24) is 25.4 Å². The summed E-state index contributed by atoms with van der Waals surface area (Å²) in [6.45, 7) is 2.31. The summed E-state index contributed by atoms with van der Waals surface area (Å²) in [6, 6.07) is 5.09. The van der Waals surface area contributed by atoms with Crippen LogP contribution in [-0.4, -0.2) is 45.9 Å². The fraction of sp³-hybridized carbons (Fsp3) is 0.526. The number of guanidine groups is 1. The number of thioether (sulfide) groups is 1. The van der Waals surface area contributed by atoms with Crippen LogP contribution in [0, 0.1) is 13.8 Å². The van der Waals surface area contributed by atoms with E-state index in [4.69, 9.17) is 0 Å². The zero-order valence-electron chi connectivity index (χ0n) is 17.6. The van der Waals surface area contributed by atoms with Crippen LogP contribution in [-0.2, 0) is 20.1 Å². The molecule has 2 rings (SSSR count). The van der Waals surface area contributed by atoms with Crippen LogP contribution in [0.2, 0.25) is 0 Å². The lowest BCUT2D eigenvalue weighted by molar-refractivity contribution is -0.0504. The topological polar surface area (TPSA) is 76.4 Å². The van der Waals surface area contributed by atoms with Crippen LogP contribution in [0.1, 0.15) is 29.2 Å². The molecule has 0 amide bonds. The molecule has 1 heterocycles. The van der Waals surface area contributed by atoms with Gasteiger partial charge in [-0.05, 0) is 38.3 Å². The number of ether oxygens (including phenoxy) is 1. The van der Waals surface area contributed by atoms with Gasteiger partial charge in [-0.25, -0.2) is 4.99 Å². The predicted octanol–water partition coefficient (Wildman–Crippen LogP) is 3.64. The fourth-order valence-corrected chi connectivity index (χ4v) is 3.01. The second kappa shape index (κ2) is 13.6. The van der Waals surface area contributed by atoms with Gasteiger partial charge in [0.05, 0.1) is 13.1 Å². The minimum atomic E-state index is -2.87. The molecule has 168 valence electrons. The molecule has 7 nitrogen and oxygen atoms in total. The summed E-state index contributed by atoms with van der Waals surface area (Å²) in [7, 11) is 1.90. The van der Waals surface area contributed by atoms with Gasteiger partial charge in [0.15, 0.2) is 11.8 Å². The largest absolute Gasteiger partial charge is 0.434 e. The first-order valence-corrected chi connectivity index (χ1v) is 10.7. The molecule has 0 fully saturated rings. The molecule has 0 bridgehead atoms. The fourth-order valence-electron chi connectivity index (χ4n) is 2.57. The quantitative estimate of drug-likeness (QED) is 0.202. The minimum absolute atomic E-state index is 0. The highest BCUT2D eigenvalue weighted by Crippen LogP contribution is 2.22. The van der Waals surface area contributed by atoms with E-state index in [1.807, 2.05) is 25.5 Å². The number of aliphatic imine (C=N–C) groups is 1. The third-order valence-electron chi connectivity index (χ3n) is 4.25. The number of rotatable bonds is 10. The Balaban J connectivity index is 0.00000450. The van der Waals surface area contributed by atoms with Gasteiger partial charge in [0.2, 0.25) is 0 Å². The Bertz CT molecular complexity index is 818. The average Bonchev–Trinajstić information content (AvgIpc) is 3.00. The van der Waals surface area contributed by atoms with Gasteiger partial charge in [0.25, 0.3) is 0 Å². The second-order valence-electron chi connectivity index (χ2n) is 6.50. The van der Waals surface area contributed by atoms with Gasteiger partial charge in [-0.1, -0.05) is 17.7 Å². The van der Waals surface area contributed by atoms with Gasteiger partial charge in [0.1, 0.15) is 11.6 Å². The number of aryl methyl sites for hydroxylation is 2. The minimum Gasteiger partial charge on any atom is -0.434 e. The number of nitrogens with one attached hydrogen (secondary N) is 2. The van der Waals surface area contributed by atoms with Crippen molar-refractivity contribution in [2.75, 3.05) is 18.6 Å². The van der Waals surface area contributed by atoms with Crippen LogP contribution in [0.3, 0.4) is 0 Å². The highest BCUT2D eigenvalue weighted by atomic mass is 127. The lowest BCUT2D eigenvalue weighted by Gasteiger charge is -2.14. The van der Waals surface area contributed by atoms with Crippen LogP contribution in [0.15, 0.2) is 23.2 Å². The Labute approximate surface area is 197 Å². The van der Waals surface area contributed by atoms with Gasteiger partial charge in [-0.15, -0.1) is 34.2 Å². The van der Waals surface area contributed by atoms with E-state index in [-0.39, 0.29) is 36.3 Å². The second-order valence-corrected chi connectivity index (χ2v) is 7.49. The monoisotopic (exact) mass is 554 g/mol. The van der Waals surface area contributed by atoms with Gasteiger partial charge in [-0.2, -0.15) is 20.5 Å². The van der Waals surface area contributed by atoms with Crippen LogP contribution < -0.4 is 15.4 Å². The van der Waals surface area contributed by atoms with Crippen molar-refractivity contribution in [1.29, 1.82) is 0 Å². The van der Waals surface area contributed by atoms with Crippen molar-refractivity contribution >= 4 is 41.7 Å². The first-order valence-electron chi connectivity index (χ1n) is 9.31. The third-order valence-corrected chi connectivity index (χ3v) is 4.95. The molecule has 30 heavy (non-hydrogen) atoms. The third kappa shape index (κ3) is 8.62. The maximum Gasteiger partial charge on any atom is 0.387 e. The molecule has 0 radical (unpaired) electrons. The molecule has 11 heteroatoms. The van der Waals surface area contributed by atoms with Crippen LogP contribution in [0.25, 0.3) is 0 Å². The number of nitrogens with zero attached hydrogens (tertiary/aromatic N) is 4. The summed E-state index contributed by atoms with van der Waals surface area (Å²) in [5, 5.41) is 14.7. The van der Waals surface area contributed by atoms with Crippen molar-refractivity contribution in [2.24, 2.45) is 12.0 Å². The zero-order valence-corrected chi connectivity index (χ0v) is 20.8. The van der Waals surface area contributed by atoms with Crippen LogP contribution in [0.4, 0.5) is 8.78 Å². The van der Waals surface area contributed by atoms with E-state index >= 15 is 0 Å². The highest BCUT2D eigenvalue weighted by molar-refractivity contribution is 14.0. The zero-order chi connectivity index (χ0) is 21.2. The Hall–Kier alpha value is -1.63. The molecule has 0 saturated carbocycles. The Morgan fingerprint density at radius 3 is 2.67 bits per heavy atom. The number of benzene rings is 1. The smallest absolute Gasteiger partial charge is 0.387 e. The van der Waals surface area contributed by atoms with Crippen LogP contribution >= 0.6 is 35.7 Å². The standard InChI is InChI=1S/C19H28F2N6OS.HI/c1-13-6-7-16(28-18(20)21)15(10-13)11-23-19(22-8-5-9-29-4)24-12-17-26-25-14(2)27(17)3;/h6-7,10,18H,5,8-9,11-12H2,1-4H3,(H2,22,23,24);1H. The van der Waals surface area contributed by atoms with E-state index in [1.165, 1.54) is 0 Å². The number of hydrogen-bond donors (Lipinski definition) is 2. The molecule has 1 aromatic heterocycles. The average molecular weight is 554 g/mol. The number of hydrogen-bond acceptors (Lipinski definition) is 5. The van der Waals surface area contributed by atoms with Crippen molar-refractivity contribution in [2.45, 2.75) is 40.0 Å². The van der Waals surface area contributed by atoms with E-state index in [2.05, 4.69) is 36.8 Å². The number of halogens is 3. The summed E-state index contributed by atoms with van der Waals surface area (Å²) in [6.07, 6.45) is 3.04. The van der Waals surface area contributed by atoms with E-state index in [9.17, 15) is 8.78 Å². The molecule has 0 atom stereocenters. The molecule has 1 aromatic carbocycles. The SMILES string of the molecule is CSCCCNC(=NCc1cc(C)ccc1OC(F)F)NCc1nnc(C)n1C.I. The molecule has 0 unspecified atom stereocenters. The van der Waals surface area contributed by atoms with Gasteiger partial charge in [0, 0.05) is 19.2 Å². The van der Waals surface area contributed by atoms with Crippen molar-refractivity contribution < 1.29 is 13.5 Å². The normalized spacial score (nSPS) is 11.4. The maximum absolute atomic E-state index is 12.7. The van der Waals surface area contributed by atoms with E-state index < -0.39 is 6.61 Å². The summed E-state index contributed by atoms with van der Waals surface area (Å²) >= 11 is 1.78. The first kappa shape index (κ1) is 26.4. The summed E-state index contributed by atoms with van der Waals surface area (Å²) < 4.78 is 31.9. The summed E-state index contributed by atoms with van der Waals surface area (Å²) in [5.41, 5.74) is 1.55. The molecular weight excluding hydrogens is 525 g/mol.